The Morgan fingerprint density at radius 2 is 1.96 bits per heavy atom. The third-order valence-corrected chi connectivity index (χ3v) is 4.22. The van der Waals surface area contributed by atoms with Crippen LogP contribution in [0.5, 0.6) is 5.75 Å². The molecule has 3 rings (SSSR count). The first-order chi connectivity index (χ1) is 12.0. The Bertz CT molecular complexity index is 745. The first-order valence-electron chi connectivity index (χ1n) is 8.21. The fourth-order valence-corrected chi connectivity index (χ4v) is 2.68. The van der Waals surface area contributed by atoms with Crippen molar-refractivity contribution >= 4 is 11.6 Å². The van der Waals surface area contributed by atoms with Crippen LogP contribution in [0.15, 0.2) is 48.5 Å². The van der Waals surface area contributed by atoms with Crippen molar-refractivity contribution < 1.29 is 18.7 Å². The van der Waals surface area contributed by atoms with Crippen molar-refractivity contribution in [3.63, 3.8) is 0 Å². The molecule has 0 atom stereocenters. The van der Waals surface area contributed by atoms with Crippen LogP contribution in [-0.4, -0.2) is 24.7 Å². The van der Waals surface area contributed by atoms with Gasteiger partial charge in [-0.3, -0.25) is 4.79 Å². The predicted molar refractivity (Wildman–Crippen MR) is 92.8 cm³/mol. The van der Waals surface area contributed by atoms with Gasteiger partial charge in [-0.15, -0.1) is 0 Å². The summed E-state index contributed by atoms with van der Waals surface area (Å²) in [6, 6.07) is 13.3. The molecular formula is C19H21FN2O3. The quantitative estimate of drug-likeness (QED) is 0.875. The molecule has 1 fully saturated rings. The minimum absolute atomic E-state index is 0.209. The van der Waals surface area contributed by atoms with Crippen LogP contribution in [0, 0.1) is 5.82 Å². The SMILES string of the molecule is NC1(C(=O)Nc2cccc(COc3cccc(F)c3)c2)CCOCC1. The molecular weight excluding hydrogens is 323 g/mol. The zero-order chi connectivity index (χ0) is 17.7. The van der Waals surface area contributed by atoms with E-state index in [4.69, 9.17) is 15.2 Å². The van der Waals surface area contributed by atoms with Crippen molar-refractivity contribution in [2.45, 2.75) is 25.0 Å². The van der Waals surface area contributed by atoms with Crippen molar-refractivity contribution in [1.82, 2.24) is 0 Å². The molecule has 0 radical (unpaired) electrons. The summed E-state index contributed by atoms with van der Waals surface area (Å²) < 4.78 is 24.0. The van der Waals surface area contributed by atoms with Crippen molar-refractivity contribution in [1.29, 1.82) is 0 Å². The van der Waals surface area contributed by atoms with E-state index in [0.29, 0.717) is 37.5 Å². The molecule has 0 saturated carbocycles. The average molecular weight is 344 g/mol. The summed E-state index contributed by atoms with van der Waals surface area (Å²) in [6.07, 6.45) is 1.00. The second kappa shape index (κ2) is 7.63. The van der Waals surface area contributed by atoms with Gasteiger partial charge in [0.1, 0.15) is 23.7 Å². The Labute approximate surface area is 145 Å². The van der Waals surface area contributed by atoms with Gasteiger partial charge in [-0.2, -0.15) is 0 Å². The van der Waals surface area contributed by atoms with E-state index in [1.165, 1.54) is 12.1 Å². The van der Waals surface area contributed by atoms with E-state index in [0.717, 1.165) is 5.56 Å². The largest absolute Gasteiger partial charge is 0.489 e. The molecule has 1 aliphatic heterocycles. The van der Waals surface area contributed by atoms with E-state index < -0.39 is 5.54 Å². The molecule has 0 bridgehead atoms. The standard InChI is InChI=1S/C19H21FN2O3/c20-15-4-2-6-17(12-15)25-13-14-3-1-5-16(11-14)22-18(23)19(21)7-9-24-10-8-19/h1-6,11-12H,7-10,13,21H2,(H,22,23). The number of carbonyl (C=O) groups excluding carboxylic acids is 1. The monoisotopic (exact) mass is 344 g/mol. The molecule has 0 spiro atoms. The Balaban J connectivity index is 1.62. The van der Waals surface area contributed by atoms with Gasteiger partial charge in [-0.1, -0.05) is 18.2 Å². The van der Waals surface area contributed by atoms with Gasteiger partial charge in [0.05, 0.1) is 0 Å². The first-order valence-corrected chi connectivity index (χ1v) is 8.21. The molecule has 6 heteroatoms. The third kappa shape index (κ3) is 4.55. The van der Waals surface area contributed by atoms with Crippen molar-refractivity contribution in [3.05, 3.63) is 59.9 Å². The van der Waals surface area contributed by atoms with E-state index in [2.05, 4.69) is 5.32 Å². The Hall–Kier alpha value is -2.44. The van der Waals surface area contributed by atoms with Gasteiger partial charge in [-0.25, -0.2) is 4.39 Å². The van der Waals surface area contributed by atoms with Gasteiger partial charge in [0.25, 0.3) is 0 Å². The highest BCUT2D eigenvalue weighted by atomic mass is 19.1. The Morgan fingerprint density at radius 1 is 1.20 bits per heavy atom. The second-order valence-corrected chi connectivity index (χ2v) is 6.17. The van der Waals surface area contributed by atoms with Gasteiger partial charge in [0, 0.05) is 25.0 Å². The smallest absolute Gasteiger partial charge is 0.244 e. The van der Waals surface area contributed by atoms with Gasteiger partial charge in [0.2, 0.25) is 5.91 Å². The maximum Gasteiger partial charge on any atom is 0.244 e. The summed E-state index contributed by atoms with van der Waals surface area (Å²) in [6.45, 7) is 1.26. The van der Waals surface area contributed by atoms with Crippen LogP contribution < -0.4 is 15.8 Å². The normalized spacial score (nSPS) is 16.2. The number of nitrogens with one attached hydrogen (secondary N) is 1. The van der Waals surface area contributed by atoms with Crippen molar-refractivity contribution in [2.75, 3.05) is 18.5 Å². The van der Waals surface area contributed by atoms with E-state index >= 15 is 0 Å². The molecule has 0 unspecified atom stereocenters. The van der Waals surface area contributed by atoms with E-state index in [-0.39, 0.29) is 18.3 Å². The summed E-state index contributed by atoms with van der Waals surface area (Å²) >= 11 is 0. The molecule has 1 amide bonds. The maximum absolute atomic E-state index is 13.2. The molecule has 0 aromatic heterocycles. The molecule has 1 saturated heterocycles. The van der Waals surface area contributed by atoms with E-state index in [1.807, 2.05) is 18.2 Å². The highest BCUT2D eigenvalue weighted by molar-refractivity contribution is 5.98. The van der Waals surface area contributed by atoms with Crippen molar-refractivity contribution in [3.8, 4) is 5.75 Å². The summed E-state index contributed by atoms with van der Waals surface area (Å²) in [5, 5.41) is 2.86. The number of rotatable bonds is 5. The summed E-state index contributed by atoms with van der Waals surface area (Å²) in [7, 11) is 0. The lowest BCUT2D eigenvalue weighted by atomic mass is 9.90. The molecule has 25 heavy (non-hydrogen) atoms. The number of carbonyl (C=O) groups is 1. The lowest BCUT2D eigenvalue weighted by Crippen LogP contribution is -2.54. The number of hydrogen-bond acceptors (Lipinski definition) is 4. The van der Waals surface area contributed by atoms with Gasteiger partial charge >= 0.3 is 0 Å². The van der Waals surface area contributed by atoms with Gasteiger partial charge in [-0.05, 0) is 42.7 Å². The number of anilines is 1. The van der Waals surface area contributed by atoms with Crippen LogP contribution in [0.2, 0.25) is 0 Å². The fraction of sp³-hybridized carbons (Fsp3) is 0.316. The molecule has 2 aromatic carbocycles. The molecule has 5 nitrogen and oxygen atoms in total. The molecule has 1 heterocycles. The van der Waals surface area contributed by atoms with Crippen LogP contribution >= 0.6 is 0 Å². The summed E-state index contributed by atoms with van der Waals surface area (Å²) in [5.41, 5.74) is 6.80. The second-order valence-electron chi connectivity index (χ2n) is 6.17. The minimum atomic E-state index is -0.897. The van der Waals surface area contributed by atoms with Crippen LogP contribution in [0.4, 0.5) is 10.1 Å². The fourth-order valence-electron chi connectivity index (χ4n) is 2.68. The average Bonchev–Trinajstić information content (AvgIpc) is 2.61. The number of benzene rings is 2. The number of nitrogens with two attached hydrogens (primary N) is 1. The van der Waals surface area contributed by atoms with Crippen LogP contribution in [-0.2, 0) is 16.1 Å². The number of halogens is 1. The minimum Gasteiger partial charge on any atom is -0.489 e. The van der Waals surface area contributed by atoms with Crippen LogP contribution in [0.1, 0.15) is 18.4 Å². The number of amides is 1. The predicted octanol–water partition coefficient (Wildman–Crippen LogP) is 2.85. The lowest BCUT2D eigenvalue weighted by molar-refractivity contribution is -0.124. The van der Waals surface area contributed by atoms with Crippen molar-refractivity contribution in [2.24, 2.45) is 5.73 Å². The molecule has 2 aromatic rings. The summed E-state index contributed by atoms with van der Waals surface area (Å²) in [4.78, 5) is 12.5. The Morgan fingerprint density at radius 3 is 2.72 bits per heavy atom. The lowest BCUT2D eigenvalue weighted by Gasteiger charge is -2.31. The molecule has 1 aliphatic rings. The van der Waals surface area contributed by atoms with Gasteiger partial charge in [0.15, 0.2) is 0 Å². The summed E-state index contributed by atoms with van der Waals surface area (Å²) in [5.74, 6) is -0.0974. The van der Waals surface area contributed by atoms with E-state index in [9.17, 15) is 9.18 Å². The topological polar surface area (TPSA) is 73.6 Å². The maximum atomic E-state index is 13.2. The Kier molecular flexibility index (Phi) is 5.31. The number of ether oxygens (including phenoxy) is 2. The zero-order valence-electron chi connectivity index (χ0n) is 13.8. The molecule has 0 aliphatic carbocycles. The highest BCUT2D eigenvalue weighted by Crippen LogP contribution is 2.21. The molecule has 3 N–H and O–H groups in total. The zero-order valence-corrected chi connectivity index (χ0v) is 13.8. The van der Waals surface area contributed by atoms with Crippen LogP contribution in [0.25, 0.3) is 0 Å². The third-order valence-electron chi connectivity index (χ3n) is 4.22. The first kappa shape index (κ1) is 17.4. The van der Waals surface area contributed by atoms with Crippen LogP contribution in [0.3, 0.4) is 0 Å². The van der Waals surface area contributed by atoms with E-state index in [1.54, 1.807) is 18.2 Å². The highest BCUT2D eigenvalue weighted by Gasteiger charge is 2.35. The molecule has 132 valence electrons. The number of hydrogen-bond donors (Lipinski definition) is 2. The van der Waals surface area contributed by atoms with Gasteiger partial charge < -0.3 is 20.5 Å².